The molecule has 0 atom stereocenters. The number of aryl methyl sites for hydroxylation is 1. The number of nitrogens with one attached hydrogen (secondary N) is 1. The quantitative estimate of drug-likeness (QED) is 0.943. The molecule has 0 aliphatic carbocycles. The van der Waals surface area contributed by atoms with E-state index < -0.39 is 0 Å². The molecule has 2 aromatic rings. The number of benzene rings is 1. The Hall–Kier alpha value is -1.88. The minimum atomic E-state index is 0.553. The lowest BCUT2D eigenvalue weighted by atomic mass is 9.89. The molecule has 22 heavy (non-hydrogen) atoms. The second kappa shape index (κ2) is 6.08. The summed E-state index contributed by atoms with van der Waals surface area (Å²) in [5.41, 5.74) is 2.46. The maximum Gasteiger partial charge on any atom is 0.204 e. The van der Waals surface area contributed by atoms with Gasteiger partial charge in [-0.05, 0) is 37.4 Å². The van der Waals surface area contributed by atoms with Crippen LogP contribution in [0.3, 0.4) is 0 Å². The zero-order valence-corrected chi connectivity index (χ0v) is 13.7. The number of hydrogen-bond acceptors (Lipinski definition) is 4. The molecule has 5 nitrogen and oxygen atoms in total. The van der Waals surface area contributed by atoms with Crippen LogP contribution in [0.5, 0.6) is 17.2 Å². The molecule has 0 unspecified atom stereocenters. The molecule has 1 aromatic heterocycles. The Balaban J connectivity index is 2.25. The third-order valence-electron chi connectivity index (χ3n) is 4.59. The molecule has 0 spiro atoms. The standard InChI is InChI=1S/C17H24N2O3/c1-19-10-12(11-5-7-18-8-6-11)15-13(19)9-14(20-2)16(21-3)17(15)22-4/h9-11,18H,5-8H2,1-4H3. The zero-order valence-electron chi connectivity index (χ0n) is 13.7. The minimum Gasteiger partial charge on any atom is -0.493 e. The van der Waals surface area contributed by atoms with Crippen molar-refractivity contribution in [3.63, 3.8) is 0 Å². The smallest absolute Gasteiger partial charge is 0.204 e. The highest BCUT2D eigenvalue weighted by Gasteiger charge is 2.25. The summed E-state index contributed by atoms with van der Waals surface area (Å²) in [5.74, 6) is 2.69. The van der Waals surface area contributed by atoms with Crippen LogP contribution < -0.4 is 19.5 Å². The fourth-order valence-electron chi connectivity index (χ4n) is 3.49. The summed E-state index contributed by atoms with van der Waals surface area (Å²) in [6.07, 6.45) is 4.52. The highest BCUT2D eigenvalue weighted by Crippen LogP contribution is 2.47. The Morgan fingerprint density at radius 2 is 1.73 bits per heavy atom. The van der Waals surface area contributed by atoms with Crippen molar-refractivity contribution in [2.24, 2.45) is 7.05 Å². The highest BCUT2D eigenvalue weighted by atomic mass is 16.5. The first-order valence-electron chi connectivity index (χ1n) is 7.69. The van der Waals surface area contributed by atoms with Crippen molar-refractivity contribution in [2.45, 2.75) is 18.8 Å². The van der Waals surface area contributed by atoms with E-state index in [1.54, 1.807) is 21.3 Å². The number of aromatic nitrogens is 1. The zero-order chi connectivity index (χ0) is 15.7. The van der Waals surface area contributed by atoms with Gasteiger partial charge in [-0.2, -0.15) is 0 Å². The Kier molecular flexibility index (Phi) is 4.16. The maximum atomic E-state index is 5.70. The number of nitrogens with zero attached hydrogens (tertiary/aromatic N) is 1. The first-order chi connectivity index (χ1) is 10.7. The van der Waals surface area contributed by atoms with E-state index in [1.807, 2.05) is 6.07 Å². The Labute approximate surface area is 131 Å². The molecule has 1 fully saturated rings. The van der Waals surface area contributed by atoms with Crippen molar-refractivity contribution >= 4 is 10.9 Å². The van der Waals surface area contributed by atoms with E-state index in [0.29, 0.717) is 17.4 Å². The fraction of sp³-hybridized carbons (Fsp3) is 0.529. The van der Waals surface area contributed by atoms with Gasteiger partial charge < -0.3 is 24.1 Å². The summed E-state index contributed by atoms with van der Waals surface area (Å²) in [4.78, 5) is 0. The van der Waals surface area contributed by atoms with Crippen molar-refractivity contribution < 1.29 is 14.2 Å². The van der Waals surface area contributed by atoms with Gasteiger partial charge in [-0.1, -0.05) is 0 Å². The van der Waals surface area contributed by atoms with Crippen LogP contribution >= 0.6 is 0 Å². The molecule has 0 amide bonds. The van der Waals surface area contributed by atoms with E-state index in [4.69, 9.17) is 14.2 Å². The molecule has 1 aliphatic rings. The number of piperidine rings is 1. The van der Waals surface area contributed by atoms with E-state index in [2.05, 4.69) is 23.1 Å². The summed E-state index contributed by atoms with van der Waals surface area (Å²) >= 11 is 0. The number of hydrogen-bond donors (Lipinski definition) is 1. The molecular formula is C17H24N2O3. The van der Waals surface area contributed by atoms with E-state index >= 15 is 0 Å². The van der Waals surface area contributed by atoms with Gasteiger partial charge in [0, 0.05) is 24.7 Å². The van der Waals surface area contributed by atoms with Crippen molar-refractivity contribution in [3.05, 3.63) is 17.8 Å². The van der Waals surface area contributed by atoms with Gasteiger partial charge in [0.25, 0.3) is 0 Å². The van der Waals surface area contributed by atoms with Gasteiger partial charge >= 0.3 is 0 Å². The Morgan fingerprint density at radius 3 is 2.32 bits per heavy atom. The number of rotatable bonds is 4. The summed E-state index contributed by atoms with van der Waals surface area (Å²) in [7, 11) is 7.06. The highest BCUT2D eigenvalue weighted by molar-refractivity contribution is 5.95. The van der Waals surface area contributed by atoms with Gasteiger partial charge in [0.2, 0.25) is 5.75 Å². The molecule has 1 aliphatic heterocycles. The lowest BCUT2D eigenvalue weighted by molar-refractivity contribution is 0.327. The van der Waals surface area contributed by atoms with Crippen LogP contribution in [0.4, 0.5) is 0 Å². The molecule has 5 heteroatoms. The van der Waals surface area contributed by atoms with Crippen molar-refractivity contribution in [1.82, 2.24) is 9.88 Å². The van der Waals surface area contributed by atoms with Gasteiger partial charge in [-0.3, -0.25) is 0 Å². The third-order valence-corrected chi connectivity index (χ3v) is 4.59. The van der Waals surface area contributed by atoms with E-state index in [1.165, 1.54) is 5.56 Å². The van der Waals surface area contributed by atoms with Crippen LogP contribution in [-0.2, 0) is 7.05 Å². The molecule has 0 radical (unpaired) electrons. The predicted octanol–water partition coefficient (Wildman–Crippen LogP) is 2.67. The summed E-state index contributed by atoms with van der Waals surface area (Å²) in [6, 6.07) is 2.03. The van der Waals surface area contributed by atoms with Crippen molar-refractivity contribution in [2.75, 3.05) is 34.4 Å². The van der Waals surface area contributed by atoms with Crippen LogP contribution in [0.2, 0.25) is 0 Å². The Morgan fingerprint density at radius 1 is 1.05 bits per heavy atom. The largest absolute Gasteiger partial charge is 0.493 e. The summed E-state index contributed by atoms with van der Waals surface area (Å²) < 4.78 is 18.9. The molecular weight excluding hydrogens is 280 g/mol. The van der Waals surface area contributed by atoms with Gasteiger partial charge in [0.05, 0.1) is 26.8 Å². The van der Waals surface area contributed by atoms with Gasteiger partial charge in [-0.15, -0.1) is 0 Å². The van der Waals surface area contributed by atoms with Crippen LogP contribution in [0, 0.1) is 0 Å². The van der Waals surface area contributed by atoms with Crippen LogP contribution in [0.1, 0.15) is 24.3 Å². The average molecular weight is 304 g/mol. The van der Waals surface area contributed by atoms with Crippen LogP contribution in [0.15, 0.2) is 12.3 Å². The fourth-order valence-corrected chi connectivity index (χ4v) is 3.49. The molecule has 0 bridgehead atoms. The van der Waals surface area contributed by atoms with E-state index in [-0.39, 0.29) is 0 Å². The third kappa shape index (κ3) is 2.29. The maximum absolute atomic E-state index is 5.70. The monoisotopic (exact) mass is 304 g/mol. The molecule has 0 saturated carbocycles. The number of methoxy groups -OCH3 is 3. The minimum absolute atomic E-state index is 0.553. The van der Waals surface area contributed by atoms with E-state index in [9.17, 15) is 0 Å². The molecule has 1 saturated heterocycles. The molecule has 2 heterocycles. The lowest BCUT2D eigenvalue weighted by Gasteiger charge is -2.23. The molecule has 3 rings (SSSR count). The van der Waals surface area contributed by atoms with Crippen molar-refractivity contribution in [1.29, 1.82) is 0 Å². The van der Waals surface area contributed by atoms with Crippen molar-refractivity contribution in [3.8, 4) is 17.2 Å². The summed E-state index contributed by atoms with van der Waals surface area (Å²) in [5, 5.41) is 4.57. The normalized spacial score (nSPS) is 16.0. The van der Waals surface area contributed by atoms with Crippen LogP contribution in [-0.4, -0.2) is 39.0 Å². The number of ether oxygens (including phenoxy) is 3. The SMILES string of the molecule is COc1cc2c(c(C3CCNCC3)cn2C)c(OC)c1OC. The second-order valence-corrected chi connectivity index (χ2v) is 5.76. The van der Waals surface area contributed by atoms with Gasteiger partial charge in [0.15, 0.2) is 11.5 Å². The topological polar surface area (TPSA) is 44.7 Å². The van der Waals surface area contributed by atoms with Gasteiger partial charge in [-0.25, -0.2) is 0 Å². The summed E-state index contributed by atoms with van der Waals surface area (Å²) in [6.45, 7) is 2.13. The van der Waals surface area contributed by atoms with E-state index in [0.717, 1.165) is 42.6 Å². The average Bonchev–Trinajstić information content (AvgIpc) is 2.90. The molecule has 1 N–H and O–H groups in total. The first-order valence-corrected chi connectivity index (χ1v) is 7.69. The molecule has 120 valence electrons. The lowest BCUT2D eigenvalue weighted by Crippen LogP contribution is -2.26. The second-order valence-electron chi connectivity index (χ2n) is 5.76. The van der Waals surface area contributed by atoms with Crippen LogP contribution in [0.25, 0.3) is 10.9 Å². The molecule has 1 aromatic carbocycles. The first kappa shape index (κ1) is 15.0. The number of fused-ring (bicyclic) bond motifs is 1. The van der Waals surface area contributed by atoms with Gasteiger partial charge in [0.1, 0.15) is 0 Å². The Bertz CT molecular complexity index is 672. The predicted molar refractivity (Wildman–Crippen MR) is 87.4 cm³/mol.